The van der Waals surface area contributed by atoms with Gasteiger partial charge in [-0.15, -0.1) is 11.3 Å². The molecule has 2 saturated heterocycles. The number of nitrogens with zero attached hydrogens (tertiary/aromatic N) is 5. The molecule has 23 heavy (non-hydrogen) atoms. The molecule has 0 amide bonds. The molecule has 2 aliphatic heterocycles. The van der Waals surface area contributed by atoms with E-state index >= 15 is 0 Å². The summed E-state index contributed by atoms with van der Waals surface area (Å²) in [5, 5.41) is 7.70. The highest BCUT2D eigenvalue weighted by molar-refractivity contribution is 7.13. The van der Waals surface area contributed by atoms with Crippen molar-refractivity contribution in [3.8, 4) is 0 Å². The zero-order valence-corrected chi connectivity index (χ0v) is 14.7. The highest BCUT2D eigenvalue weighted by atomic mass is 32.1. The zero-order valence-electron chi connectivity index (χ0n) is 13.9. The first-order chi connectivity index (χ1) is 11.2. The number of hydrogen-bond donors (Lipinski definition) is 0. The van der Waals surface area contributed by atoms with E-state index < -0.39 is 0 Å². The van der Waals surface area contributed by atoms with Gasteiger partial charge in [0.25, 0.3) is 0 Å². The number of aromatic nitrogens is 3. The Balaban J connectivity index is 1.58. The Bertz CT molecular complexity index is 609. The average Bonchev–Trinajstić information content (AvgIpc) is 3.26. The average molecular weight is 331 g/mol. The van der Waals surface area contributed by atoms with Crippen molar-refractivity contribution in [3.05, 3.63) is 30.0 Å². The molecule has 0 spiro atoms. The Morgan fingerprint density at radius 3 is 2.96 bits per heavy atom. The fraction of sp³-hybridized carbons (Fsp3) is 0.647. The normalized spacial score (nSPS) is 28.5. The lowest BCUT2D eigenvalue weighted by Crippen LogP contribution is -2.49. The van der Waals surface area contributed by atoms with Crippen LogP contribution in [0.3, 0.4) is 0 Å². The monoisotopic (exact) mass is 331 g/mol. The molecule has 0 radical (unpaired) electrons. The van der Waals surface area contributed by atoms with E-state index in [1.807, 2.05) is 18.5 Å². The molecule has 0 aliphatic carbocycles. The van der Waals surface area contributed by atoms with Crippen molar-refractivity contribution in [2.24, 2.45) is 5.92 Å². The summed E-state index contributed by atoms with van der Waals surface area (Å²) in [4.78, 5) is 9.87. The van der Waals surface area contributed by atoms with Gasteiger partial charge in [0.2, 0.25) is 0 Å². The van der Waals surface area contributed by atoms with Gasteiger partial charge in [0.15, 0.2) is 5.13 Å². The van der Waals surface area contributed by atoms with Crippen molar-refractivity contribution in [3.63, 3.8) is 0 Å². The molecule has 2 aliphatic rings. The smallest absolute Gasteiger partial charge is 0.185 e. The lowest BCUT2D eigenvalue weighted by atomic mass is 9.91. The number of rotatable bonds is 4. The molecule has 0 bridgehead atoms. The van der Waals surface area contributed by atoms with E-state index in [0.717, 1.165) is 12.5 Å². The SMILES string of the molecule is CC(C)N1CC[C@H]2[C@H](C[C@@H](Cn3cccn3)N2c2nccs2)C1. The van der Waals surface area contributed by atoms with E-state index in [-0.39, 0.29) is 0 Å². The van der Waals surface area contributed by atoms with Crippen LogP contribution in [0.4, 0.5) is 5.13 Å². The summed E-state index contributed by atoms with van der Waals surface area (Å²) in [6.45, 7) is 8.01. The minimum absolute atomic E-state index is 0.503. The van der Waals surface area contributed by atoms with E-state index in [1.165, 1.54) is 31.1 Å². The Hall–Kier alpha value is -1.40. The molecule has 0 aromatic carbocycles. The van der Waals surface area contributed by atoms with Crippen LogP contribution >= 0.6 is 11.3 Å². The second kappa shape index (κ2) is 6.24. The third-order valence-electron chi connectivity index (χ3n) is 5.38. The molecule has 4 rings (SSSR count). The van der Waals surface area contributed by atoms with Crippen LogP contribution in [0, 0.1) is 5.92 Å². The molecule has 5 nitrogen and oxygen atoms in total. The van der Waals surface area contributed by atoms with E-state index in [2.05, 4.69) is 50.0 Å². The van der Waals surface area contributed by atoms with Crippen molar-refractivity contribution in [2.45, 2.75) is 51.4 Å². The molecule has 6 heteroatoms. The van der Waals surface area contributed by atoms with Crippen molar-refractivity contribution < 1.29 is 0 Å². The molecular weight excluding hydrogens is 306 g/mol. The van der Waals surface area contributed by atoms with Crippen LogP contribution in [0.15, 0.2) is 30.0 Å². The maximum Gasteiger partial charge on any atom is 0.185 e. The van der Waals surface area contributed by atoms with Crippen LogP contribution in [-0.4, -0.2) is 50.9 Å². The molecule has 2 aromatic heterocycles. The number of thiazole rings is 1. The van der Waals surface area contributed by atoms with Crippen LogP contribution < -0.4 is 4.90 Å². The van der Waals surface area contributed by atoms with E-state index in [0.29, 0.717) is 18.1 Å². The molecule has 0 N–H and O–H groups in total. The molecule has 0 saturated carbocycles. The largest absolute Gasteiger partial charge is 0.340 e. The molecule has 4 heterocycles. The summed E-state index contributed by atoms with van der Waals surface area (Å²) in [5.41, 5.74) is 0. The zero-order chi connectivity index (χ0) is 15.8. The number of piperidine rings is 1. The summed E-state index contributed by atoms with van der Waals surface area (Å²) >= 11 is 1.77. The standard InChI is InChI=1S/C17H25N5S/c1-13(2)20-8-4-16-14(11-20)10-15(12-21-7-3-5-19-21)22(16)17-18-6-9-23-17/h3,5-7,9,13-16H,4,8,10-12H2,1-2H3/t14-,15+,16+/m1/s1. The Labute approximate surface area is 141 Å². The molecule has 3 atom stereocenters. The van der Waals surface area contributed by atoms with Crippen LogP contribution in [0.5, 0.6) is 0 Å². The summed E-state index contributed by atoms with van der Waals surface area (Å²) < 4.78 is 2.07. The first-order valence-electron chi connectivity index (χ1n) is 8.61. The molecule has 2 fully saturated rings. The molecular formula is C17H25N5S. The second-order valence-electron chi connectivity index (χ2n) is 7.04. The van der Waals surface area contributed by atoms with Gasteiger partial charge < -0.3 is 9.80 Å². The van der Waals surface area contributed by atoms with Gasteiger partial charge in [-0.05, 0) is 38.7 Å². The highest BCUT2D eigenvalue weighted by Gasteiger charge is 2.45. The predicted octanol–water partition coefficient (Wildman–Crippen LogP) is 2.72. The fourth-order valence-corrected chi connectivity index (χ4v) is 5.05. The minimum atomic E-state index is 0.503. The topological polar surface area (TPSA) is 37.2 Å². The Morgan fingerprint density at radius 1 is 1.35 bits per heavy atom. The second-order valence-corrected chi connectivity index (χ2v) is 7.92. The minimum Gasteiger partial charge on any atom is -0.340 e. The van der Waals surface area contributed by atoms with Gasteiger partial charge in [-0.2, -0.15) is 5.10 Å². The predicted molar refractivity (Wildman–Crippen MR) is 93.8 cm³/mol. The highest BCUT2D eigenvalue weighted by Crippen LogP contribution is 2.40. The van der Waals surface area contributed by atoms with Gasteiger partial charge in [-0.1, -0.05) is 0 Å². The summed E-state index contributed by atoms with van der Waals surface area (Å²) in [6.07, 6.45) is 8.37. The summed E-state index contributed by atoms with van der Waals surface area (Å²) in [6, 6.07) is 3.80. The van der Waals surface area contributed by atoms with Gasteiger partial charge in [0.1, 0.15) is 0 Å². The summed E-state index contributed by atoms with van der Waals surface area (Å²) in [7, 11) is 0. The van der Waals surface area contributed by atoms with Gasteiger partial charge in [0.05, 0.1) is 12.6 Å². The molecule has 0 unspecified atom stereocenters. The van der Waals surface area contributed by atoms with Crippen molar-refractivity contribution in [2.75, 3.05) is 18.0 Å². The Morgan fingerprint density at radius 2 is 2.26 bits per heavy atom. The first kappa shape index (κ1) is 15.1. The van der Waals surface area contributed by atoms with Gasteiger partial charge >= 0.3 is 0 Å². The van der Waals surface area contributed by atoms with E-state index in [4.69, 9.17) is 0 Å². The number of hydrogen-bond acceptors (Lipinski definition) is 5. The lowest BCUT2D eigenvalue weighted by molar-refractivity contribution is 0.135. The molecule has 2 aromatic rings. The first-order valence-corrected chi connectivity index (χ1v) is 9.49. The number of anilines is 1. The lowest BCUT2D eigenvalue weighted by Gasteiger charge is -2.40. The third kappa shape index (κ3) is 2.90. The third-order valence-corrected chi connectivity index (χ3v) is 6.16. The quantitative estimate of drug-likeness (QED) is 0.863. The van der Waals surface area contributed by atoms with Crippen LogP contribution in [0.2, 0.25) is 0 Å². The molecule has 124 valence electrons. The van der Waals surface area contributed by atoms with Crippen molar-refractivity contribution in [1.29, 1.82) is 0 Å². The van der Waals surface area contributed by atoms with Gasteiger partial charge in [0, 0.05) is 49.1 Å². The number of likely N-dealkylation sites (tertiary alicyclic amines) is 1. The van der Waals surface area contributed by atoms with Gasteiger partial charge in [-0.3, -0.25) is 4.68 Å². The van der Waals surface area contributed by atoms with Crippen LogP contribution in [0.1, 0.15) is 26.7 Å². The van der Waals surface area contributed by atoms with Gasteiger partial charge in [-0.25, -0.2) is 4.98 Å². The maximum atomic E-state index is 4.62. The van der Waals surface area contributed by atoms with Crippen molar-refractivity contribution in [1.82, 2.24) is 19.7 Å². The fourth-order valence-electron chi connectivity index (χ4n) is 4.28. The van der Waals surface area contributed by atoms with E-state index in [1.54, 1.807) is 11.3 Å². The maximum absolute atomic E-state index is 4.62. The van der Waals surface area contributed by atoms with Crippen LogP contribution in [0.25, 0.3) is 0 Å². The summed E-state index contributed by atoms with van der Waals surface area (Å²) in [5.74, 6) is 0.746. The van der Waals surface area contributed by atoms with E-state index in [9.17, 15) is 0 Å². The van der Waals surface area contributed by atoms with Crippen LogP contribution in [-0.2, 0) is 6.54 Å². The Kier molecular flexibility index (Phi) is 4.11. The number of fused-ring (bicyclic) bond motifs is 1. The van der Waals surface area contributed by atoms with Crippen molar-refractivity contribution >= 4 is 16.5 Å².